The topological polar surface area (TPSA) is 77.1 Å². The summed E-state index contributed by atoms with van der Waals surface area (Å²) in [6.45, 7) is 0.860. The molecule has 0 radical (unpaired) electrons. The van der Waals surface area contributed by atoms with Crippen molar-refractivity contribution >= 4 is 0 Å². The van der Waals surface area contributed by atoms with Crippen molar-refractivity contribution in [3.8, 4) is 46.0 Å². The van der Waals surface area contributed by atoms with E-state index in [0.29, 0.717) is 40.9 Å². The first kappa shape index (κ1) is 28.5. The van der Waals surface area contributed by atoms with Crippen molar-refractivity contribution in [1.82, 2.24) is 4.90 Å². The lowest BCUT2D eigenvalue weighted by atomic mass is 9.78. The quantitative estimate of drug-likeness (QED) is 0.330. The van der Waals surface area contributed by atoms with Crippen LogP contribution in [0.3, 0.4) is 0 Å². The minimum Gasteiger partial charge on any atom is -0.493 e. The van der Waals surface area contributed by atoms with Gasteiger partial charge in [0, 0.05) is 24.2 Å². The van der Waals surface area contributed by atoms with Crippen molar-refractivity contribution in [2.75, 3.05) is 63.4 Å². The first-order valence-corrected chi connectivity index (χ1v) is 13.6. The molecule has 0 fully saturated rings. The van der Waals surface area contributed by atoms with Crippen molar-refractivity contribution in [1.29, 1.82) is 0 Å². The van der Waals surface area contributed by atoms with Crippen molar-refractivity contribution in [3.63, 3.8) is 0 Å². The molecule has 0 bridgehead atoms. The number of methoxy groups -OCH3 is 8. The Balaban J connectivity index is 1.70. The molecular weight excluding hydrogens is 526 g/mol. The zero-order valence-corrected chi connectivity index (χ0v) is 25.1. The molecule has 3 aromatic rings. The van der Waals surface area contributed by atoms with E-state index in [1.54, 1.807) is 56.9 Å². The van der Waals surface area contributed by atoms with Gasteiger partial charge in [0.15, 0.2) is 34.5 Å². The predicted molar refractivity (Wildman–Crippen MR) is 155 cm³/mol. The molecular formula is C32H39NO8. The lowest BCUT2D eigenvalue weighted by Gasteiger charge is -2.47. The summed E-state index contributed by atoms with van der Waals surface area (Å²) in [7, 11) is 13.2. The molecule has 0 saturated carbocycles. The first-order valence-electron chi connectivity index (χ1n) is 13.6. The Morgan fingerprint density at radius 3 is 1.68 bits per heavy atom. The Kier molecular flexibility index (Phi) is 8.26. The number of rotatable bonds is 10. The third kappa shape index (κ3) is 4.82. The van der Waals surface area contributed by atoms with Crippen LogP contribution in [0.15, 0.2) is 30.3 Å². The van der Waals surface area contributed by atoms with Crippen LogP contribution in [0.5, 0.6) is 46.0 Å². The molecule has 2 aliphatic heterocycles. The highest BCUT2D eigenvalue weighted by molar-refractivity contribution is 5.63. The van der Waals surface area contributed by atoms with Gasteiger partial charge in [0.1, 0.15) is 0 Å². The molecule has 0 unspecified atom stereocenters. The van der Waals surface area contributed by atoms with E-state index in [4.69, 9.17) is 37.9 Å². The maximum Gasteiger partial charge on any atom is 0.203 e. The molecule has 0 saturated heterocycles. The van der Waals surface area contributed by atoms with Crippen molar-refractivity contribution < 1.29 is 37.9 Å². The van der Waals surface area contributed by atoms with Crippen molar-refractivity contribution in [2.24, 2.45) is 0 Å². The fourth-order valence-corrected chi connectivity index (χ4v) is 6.48. The average molecular weight is 566 g/mol. The summed E-state index contributed by atoms with van der Waals surface area (Å²) >= 11 is 0. The second-order valence-corrected chi connectivity index (χ2v) is 10.1. The number of ether oxygens (including phenoxy) is 8. The Bertz CT molecular complexity index is 1400. The molecule has 0 N–H and O–H groups in total. The number of nitrogens with zero attached hydrogens (tertiary/aromatic N) is 1. The summed E-state index contributed by atoms with van der Waals surface area (Å²) in [5.41, 5.74) is 5.81. The van der Waals surface area contributed by atoms with Gasteiger partial charge in [-0.3, -0.25) is 4.90 Å². The van der Waals surface area contributed by atoms with Gasteiger partial charge in [-0.2, -0.15) is 0 Å². The summed E-state index contributed by atoms with van der Waals surface area (Å²) < 4.78 is 45.9. The van der Waals surface area contributed by atoms with Gasteiger partial charge < -0.3 is 37.9 Å². The standard InChI is InChI=1S/C32H39NO8/c1-34-24-15-19-9-10-33-22(21(19)17-25(24)35-2)14-20-16-28(38-5)31(40-7)32(41-8)29(20)23(33)11-18-12-26(36-3)30(39-6)27(13-18)37-4/h12-13,15-17,22-23H,9-11,14H2,1-8H3/t22-,23-/m0/s1. The van der Waals surface area contributed by atoms with Crippen molar-refractivity contribution in [2.45, 2.75) is 31.3 Å². The van der Waals surface area contributed by atoms with Crippen LogP contribution in [-0.4, -0.2) is 68.3 Å². The number of hydrogen-bond donors (Lipinski definition) is 0. The van der Waals surface area contributed by atoms with Gasteiger partial charge in [-0.25, -0.2) is 0 Å². The maximum atomic E-state index is 6.05. The van der Waals surface area contributed by atoms with E-state index in [-0.39, 0.29) is 12.1 Å². The van der Waals surface area contributed by atoms with Gasteiger partial charge in [-0.15, -0.1) is 0 Å². The highest BCUT2D eigenvalue weighted by Crippen LogP contribution is 2.54. The van der Waals surface area contributed by atoms with Crippen LogP contribution < -0.4 is 37.9 Å². The summed E-state index contributed by atoms with van der Waals surface area (Å²) in [5.74, 6) is 5.21. The van der Waals surface area contributed by atoms with Gasteiger partial charge >= 0.3 is 0 Å². The zero-order valence-electron chi connectivity index (χ0n) is 25.1. The highest BCUT2D eigenvalue weighted by atomic mass is 16.5. The minimum absolute atomic E-state index is 0.0393. The Hall–Kier alpha value is -3.98. The third-order valence-corrected chi connectivity index (χ3v) is 8.30. The van der Waals surface area contributed by atoms with E-state index in [1.165, 1.54) is 11.1 Å². The molecule has 5 rings (SSSR count). The molecule has 0 amide bonds. The summed E-state index contributed by atoms with van der Waals surface area (Å²) in [4.78, 5) is 2.56. The second-order valence-electron chi connectivity index (χ2n) is 10.1. The Labute approximate surface area is 241 Å². The lowest BCUT2D eigenvalue weighted by Crippen LogP contribution is -2.43. The van der Waals surface area contributed by atoms with Gasteiger partial charge in [0.05, 0.1) is 56.9 Å². The summed E-state index contributed by atoms with van der Waals surface area (Å²) in [6.07, 6.45) is 2.33. The largest absolute Gasteiger partial charge is 0.493 e. The van der Waals surface area contributed by atoms with Gasteiger partial charge in [0.2, 0.25) is 11.5 Å². The SMILES string of the molecule is COc1cc2c(cc1OC)[C@@H]1Cc3cc(OC)c(OC)c(OC)c3[C@H](Cc3cc(OC)c(OC)c(OC)c3)N1CC2. The van der Waals surface area contributed by atoms with Gasteiger partial charge in [0.25, 0.3) is 0 Å². The van der Waals surface area contributed by atoms with Crippen LogP contribution in [0, 0.1) is 0 Å². The summed E-state index contributed by atoms with van der Waals surface area (Å²) in [5, 5.41) is 0. The van der Waals surface area contributed by atoms with E-state index in [2.05, 4.69) is 23.1 Å². The predicted octanol–water partition coefficient (Wildman–Crippen LogP) is 5.19. The van der Waals surface area contributed by atoms with Crippen LogP contribution in [0.25, 0.3) is 0 Å². The molecule has 41 heavy (non-hydrogen) atoms. The third-order valence-electron chi connectivity index (χ3n) is 8.30. The molecule has 9 nitrogen and oxygen atoms in total. The molecule has 0 aliphatic carbocycles. The van der Waals surface area contributed by atoms with E-state index < -0.39 is 0 Å². The van der Waals surface area contributed by atoms with E-state index >= 15 is 0 Å². The molecule has 2 heterocycles. The molecule has 0 aromatic heterocycles. The molecule has 2 atom stereocenters. The number of fused-ring (bicyclic) bond motifs is 4. The zero-order chi connectivity index (χ0) is 29.3. The second kappa shape index (κ2) is 11.9. The normalized spacial score (nSPS) is 17.5. The minimum atomic E-state index is -0.0393. The summed E-state index contributed by atoms with van der Waals surface area (Å²) in [6, 6.07) is 10.4. The first-order chi connectivity index (χ1) is 20.0. The number of benzene rings is 3. The lowest BCUT2D eigenvalue weighted by molar-refractivity contribution is 0.103. The van der Waals surface area contributed by atoms with E-state index in [0.717, 1.165) is 47.6 Å². The molecule has 0 spiro atoms. The van der Waals surface area contributed by atoms with Gasteiger partial charge in [-0.1, -0.05) is 0 Å². The van der Waals surface area contributed by atoms with Crippen LogP contribution in [0.1, 0.15) is 39.9 Å². The van der Waals surface area contributed by atoms with Crippen LogP contribution in [0.4, 0.5) is 0 Å². The maximum absolute atomic E-state index is 6.05. The molecule has 3 aromatic carbocycles. The number of hydrogen-bond acceptors (Lipinski definition) is 9. The molecule has 220 valence electrons. The van der Waals surface area contributed by atoms with E-state index in [1.807, 2.05) is 12.1 Å². The highest BCUT2D eigenvalue weighted by Gasteiger charge is 2.42. The van der Waals surface area contributed by atoms with Crippen molar-refractivity contribution in [3.05, 3.63) is 58.1 Å². The van der Waals surface area contributed by atoms with Gasteiger partial charge in [-0.05, 0) is 71.8 Å². The monoisotopic (exact) mass is 565 g/mol. The average Bonchev–Trinajstić information content (AvgIpc) is 3.01. The van der Waals surface area contributed by atoms with Crippen LogP contribution in [-0.2, 0) is 19.3 Å². The Morgan fingerprint density at radius 1 is 0.585 bits per heavy atom. The van der Waals surface area contributed by atoms with Crippen LogP contribution in [0.2, 0.25) is 0 Å². The molecule has 2 aliphatic rings. The van der Waals surface area contributed by atoms with E-state index in [9.17, 15) is 0 Å². The fourth-order valence-electron chi connectivity index (χ4n) is 6.48. The Morgan fingerprint density at radius 2 is 1.12 bits per heavy atom. The smallest absolute Gasteiger partial charge is 0.203 e. The molecule has 9 heteroatoms. The fraction of sp³-hybridized carbons (Fsp3) is 0.438. The van der Waals surface area contributed by atoms with Crippen LogP contribution >= 0.6 is 0 Å².